The van der Waals surface area contributed by atoms with Gasteiger partial charge in [0.15, 0.2) is 11.6 Å². The van der Waals surface area contributed by atoms with Crippen molar-refractivity contribution in [1.29, 1.82) is 0 Å². The Morgan fingerprint density at radius 2 is 1.41 bits per heavy atom. The van der Waals surface area contributed by atoms with Gasteiger partial charge in [-0.25, -0.2) is 0 Å². The number of esters is 2. The summed E-state index contributed by atoms with van der Waals surface area (Å²) in [4.78, 5) is 64.6. The van der Waals surface area contributed by atoms with E-state index in [1.807, 2.05) is 45.1 Å². The first-order chi connectivity index (χ1) is 29.6. The first-order valence-corrected chi connectivity index (χ1v) is 23.2. The molecule has 2 saturated heterocycles. The Balaban J connectivity index is 0.00000748. The molecule has 5 heterocycles. The Hall–Kier alpha value is -4.09. The molecule has 1 aliphatic carbocycles. The summed E-state index contributed by atoms with van der Waals surface area (Å²) in [6.45, 7) is 20.9. The fourth-order valence-electron chi connectivity index (χ4n) is 10.2. The number of nitrogens with zero attached hydrogens (tertiary/aromatic N) is 4. The van der Waals surface area contributed by atoms with Gasteiger partial charge in [-0.2, -0.15) is 22.8 Å². The predicted octanol–water partition coefficient (Wildman–Crippen LogP) is 11.8. The maximum Gasteiger partial charge on any atom is 2.00 e. The van der Waals surface area contributed by atoms with Crippen LogP contribution in [0.1, 0.15) is 181 Å². The minimum absolute atomic E-state index is 0. The van der Waals surface area contributed by atoms with E-state index in [1.165, 1.54) is 51.2 Å². The molecule has 63 heavy (non-hydrogen) atoms. The monoisotopic (exact) mass is 869 g/mol. The van der Waals surface area contributed by atoms with Crippen LogP contribution in [0.4, 0.5) is 0 Å². The molecule has 336 valence electrons. The van der Waals surface area contributed by atoms with E-state index in [2.05, 4.69) is 41.5 Å². The normalized spacial score (nSPS) is 26.0. The van der Waals surface area contributed by atoms with E-state index < -0.39 is 11.9 Å². The summed E-state index contributed by atoms with van der Waals surface area (Å²) in [5.41, 5.74) is 9.10. The second kappa shape index (κ2) is 21.7. The molecule has 0 spiro atoms. The number of allylic oxidation sites excluding steroid dienone is 5. The molecule has 2 fully saturated rings. The number of hydrogen-bond donors (Lipinski definition) is 0. The molecule has 0 unspecified atom stereocenters. The van der Waals surface area contributed by atoms with E-state index in [4.69, 9.17) is 30.1 Å². The maximum absolute atomic E-state index is 14.4. The van der Waals surface area contributed by atoms with Crippen molar-refractivity contribution >= 4 is 70.4 Å². The Labute approximate surface area is 392 Å². The fraction of sp³-hybridized carbons (Fsp3) is 0.577. The van der Waals surface area contributed by atoms with Crippen LogP contribution in [0.3, 0.4) is 0 Å². The number of Topliss-reactive ketones (excluding diaryl/α,β-unsaturated/α-hetero) is 2. The molecule has 0 radical (unpaired) electrons. The SMILES string of the molecule is CCC[C@@H](C)CCC[C@@H](C)CCC/C(C)=C/COC(=O)CC[C@@H]1/C2=C3/c4[n-]c(c(C)c4C(=O)[C@@H]3C(=O)OC)/C=C3\[N-]/C(=C\c4[n-]c(c(C)c4C(C)=O)/C=C(\[N-]2)[C@H]1C)[C@H](C)[C@H]3CC.[Mg+2]. The molecule has 7 atom stereocenters. The average molecular weight is 869 g/mol. The third-order valence-corrected chi connectivity index (χ3v) is 14.1. The van der Waals surface area contributed by atoms with Crippen LogP contribution < -0.4 is 9.97 Å². The van der Waals surface area contributed by atoms with Crippen LogP contribution in [0.25, 0.3) is 34.4 Å². The molecular formula is C52H68MgN4O6-2. The number of fused-ring (bicyclic) bond motifs is 7. The summed E-state index contributed by atoms with van der Waals surface area (Å²) in [6, 6.07) is 0. The van der Waals surface area contributed by atoms with E-state index in [-0.39, 0.29) is 77.3 Å². The summed E-state index contributed by atoms with van der Waals surface area (Å²) in [5.74, 6) is -1.65. The Kier molecular flexibility index (Phi) is 17.2. The topological polar surface area (TPSA) is 143 Å². The van der Waals surface area contributed by atoms with Crippen molar-refractivity contribution in [3.05, 3.63) is 90.1 Å². The van der Waals surface area contributed by atoms with Gasteiger partial charge in [0.1, 0.15) is 12.5 Å². The number of carbonyl (C=O) groups excluding carboxylic acids is 4. The summed E-state index contributed by atoms with van der Waals surface area (Å²) in [6.07, 6.45) is 18.9. The van der Waals surface area contributed by atoms with Crippen LogP contribution in [0.15, 0.2) is 34.4 Å². The number of ether oxygens (including phenoxy) is 2. The molecule has 2 aromatic heterocycles. The smallest absolute Gasteiger partial charge is 0.664 e. The maximum atomic E-state index is 14.4. The zero-order chi connectivity index (χ0) is 45.0. The van der Waals surface area contributed by atoms with Crippen molar-refractivity contribution in [3.8, 4) is 0 Å². The molecule has 6 rings (SSSR count). The van der Waals surface area contributed by atoms with E-state index in [0.29, 0.717) is 68.8 Å². The van der Waals surface area contributed by atoms with Crippen LogP contribution in [-0.2, 0) is 19.1 Å². The minimum Gasteiger partial charge on any atom is -0.664 e. The van der Waals surface area contributed by atoms with Crippen molar-refractivity contribution in [2.45, 2.75) is 140 Å². The molecule has 10 nitrogen and oxygen atoms in total. The van der Waals surface area contributed by atoms with E-state index >= 15 is 0 Å². The molecule has 0 N–H and O–H groups in total. The second-order valence-electron chi connectivity index (χ2n) is 18.6. The fourth-order valence-corrected chi connectivity index (χ4v) is 10.2. The summed E-state index contributed by atoms with van der Waals surface area (Å²) < 4.78 is 11.0. The van der Waals surface area contributed by atoms with Gasteiger partial charge < -0.3 is 30.1 Å². The van der Waals surface area contributed by atoms with E-state index in [0.717, 1.165) is 42.1 Å². The Morgan fingerprint density at radius 1 is 0.794 bits per heavy atom. The van der Waals surface area contributed by atoms with Gasteiger partial charge in [0.05, 0.1) is 7.11 Å². The number of hydrogen-bond acceptors (Lipinski definition) is 6. The number of aromatic nitrogens is 2. The zero-order valence-corrected chi connectivity index (χ0v) is 41.2. The number of carbonyl (C=O) groups is 4. The summed E-state index contributed by atoms with van der Waals surface area (Å²) in [7, 11) is 1.28. The molecule has 0 amide bonds. The predicted molar refractivity (Wildman–Crippen MR) is 253 cm³/mol. The van der Waals surface area contributed by atoms with E-state index in [1.54, 1.807) is 6.92 Å². The van der Waals surface area contributed by atoms with E-state index in [9.17, 15) is 19.2 Å². The number of methoxy groups -OCH3 is 1. The van der Waals surface area contributed by atoms with Crippen molar-refractivity contribution in [1.82, 2.24) is 9.97 Å². The van der Waals surface area contributed by atoms with Crippen LogP contribution >= 0.6 is 0 Å². The molecule has 11 heteroatoms. The van der Waals surface area contributed by atoms with Crippen molar-refractivity contribution in [2.75, 3.05) is 13.7 Å². The van der Waals surface area contributed by atoms with Gasteiger partial charge in [0.25, 0.3) is 0 Å². The quantitative estimate of drug-likeness (QED) is 0.0474. The third kappa shape index (κ3) is 10.7. The first-order valence-electron chi connectivity index (χ1n) is 23.2. The molecule has 0 aromatic carbocycles. The molecular weight excluding hydrogens is 801 g/mol. The largest absolute Gasteiger partial charge is 2.00 e. The molecule has 2 aromatic rings. The number of ketones is 2. The zero-order valence-electron chi connectivity index (χ0n) is 39.8. The average Bonchev–Trinajstić information content (AvgIpc) is 3.97. The van der Waals surface area contributed by atoms with Gasteiger partial charge in [-0.05, 0) is 88.5 Å². The van der Waals surface area contributed by atoms with Crippen LogP contribution in [-0.4, -0.2) is 60.3 Å². The van der Waals surface area contributed by atoms with Crippen molar-refractivity contribution in [3.63, 3.8) is 0 Å². The second-order valence-corrected chi connectivity index (χ2v) is 18.6. The molecule has 4 aliphatic rings. The van der Waals surface area contributed by atoms with Gasteiger partial charge in [-0.1, -0.05) is 127 Å². The standard InChI is InChI=1S/C52H70N4O6.Mg/c1-12-16-28(3)17-14-18-29(4)19-15-20-30(5)23-24-62-44(58)22-21-37-32(7)39-25-40-33(8)45(35(10)57)43(54-40)27-38-31(6)36(13-2)42(53-38)26-41-34(9)46-50(56-41)47(49(37)55-39)48(51(46)59)52(60)61-11;/h23,25-29,31-32,36-37,48H,12-22,24H2,1-11H3,(H2-2,53,54,55,56,57,59);/q-2;+2/p-2/b30-23+,39-25-,42-26-;/t28-,29-,31-,32+,36-,37+,48-;/m1./s1. The molecule has 0 saturated carbocycles. The van der Waals surface area contributed by atoms with Crippen LogP contribution in [0.5, 0.6) is 0 Å². The van der Waals surface area contributed by atoms with Gasteiger partial charge in [-0.15, -0.1) is 22.8 Å². The van der Waals surface area contributed by atoms with Gasteiger partial charge in [0, 0.05) is 17.5 Å². The van der Waals surface area contributed by atoms with Gasteiger partial charge >= 0.3 is 35.0 Å². The third-order valence-electron chi connectivity index (χ3n) is 14.1. The van der Waals surface area contributed by atoms with Crippen LogP contribution in [0.2, 0.25) is 0 Å². The molecule has 8 bridgehead atoms. The van der Waals surface area contributed by atoms with Gasteiger partial charge in [0.2, 0.25) is 0 Å². The van der Waals surface area contributed by atoms with Crippen molar-refractivity contribution in [2.24, 2.45) is 41.4 Å². The molecule has 3 aliphatic heterocycles. The van der Waals surface area contributed by atoms with Crippen molar-refractivity contribution < 1.29 is 28.7 Å². The summed E-state index contributed by atoms with van der Waals surface area (Å²) in [5, 5.41) is 10.3. The van der Waals surface area contributed by atoms with Crippen LogP contribution in [0, 0.1) is 55.3 Å². The number of rotatable bonds is 18. The van der Waals surface area contributed by atoms with Gasteiger partial charge in [-0.3, -0.25) is 19.2 Å². The first kappa shape index (κ1) is 49.9. The summed E-state index contributed by atoms with van der Waals surface area (Å²) >= 11 is 0. The Bertz CT molecular complexity index is 2220. The minimum atomic E-state index is -1.24. The Morgan fingerprint density at radius 3 is 2.08 bits per heavy atom.